The molecule has 1 aromatic rings. The van der Waals surface area contributed by atoms with E-state index < -0.39 is 22.8 Å². The fourth-order valence-electron chi connectivity index (χ4n) is 2.85. The highest BCUT2D eigenvalue weighted by molar-refractivity contribution is 5.92. The molecule has 0 radical (unpaired) electrons. The van der Waals surface area contributed by atoms with E-state index in [1.807, 2.05) is 51.1 Å². The SMILES string of the molecule is CC(C)(C)[C@H](NC(=O)C1(c2ccccc2)CCC1)C(=O)O. The number of hydrogen-bond acceptors (Lipinski definition) is 2. The van der Waals surface area contributed by atoms with Crippen LogP contribution < -0.4 is 5.32 Å². The van der Waals surface area contributed by atoms with Crippen molar-refractivity contribution < 1.29 is 14.7 Å². The summed E-state index contributed by atoms with van der Waals surface area (Å²) in [5.74, 6) is -1.15. The third kappa shape index (κ3) is 2.94. The van der Waals surface area contributed by atoms with Crippen LogP contribution in [0.15, 0.2) is 30.3 Å². The quantitative estimate of drug-likeness (QED) is 0.895. The number of benzene rings is 1. The molecule has 4 heteroatoms. The van der Waals surface area contributed by atoms with Crippen molar-refractivity contribution in [3.8, 4) is 0 Å². The second-order valence-corrected chi connectivity index (χ2v) is 6.91. The Kier molecular flexibility index (Phi) is 4.08. The molecular formula is C17H23NO3. The molecule has 0 aromatic heterocycles. The highest BCUT2D eigenvalue weighted by Crippen LogP contribution is 2.44. The Morgan fingerprint density at radius 2 is 1.76 bits per heavy atom. The molecule has 0 aliphatic heterocycles. The van der Waals surface area contributed by atoms with Crippen LogP contribution in [0.1, 0.15) is 45.6 Å². The normalized spacial score (nSPS) is 18.4. The van der Waals surface area contributed by atoms with Crippen molar-refractivity contribution in [1.29, 1.82) is 0 Å². The summed E-state index contributed by atoms with van der Waals surface area (Å²) in [6.45, 7) is 5.46. The van der Waals surface area contributed by atoms with E-state index in [2.05, 4.69) is 5.32 Å². The zero-order valence-electron chi connectivity index (χ0n) is 12.8. The summed E-state index contributed by atoms with van der Waals surface area (Å²) in [5.41, 5.74) is -0.102. The average molecular weight is 289 g/mol. The van der Waals surface area contributed by atoms with Gasteiger partial charge in [-0.2, -0.15) is 0 Å². The lowest BCUT2D eigenvalue weighted by Crippen LogP contribution is -2.57. The fraction of sp³-hybridized carbons (Fsp3) is 0.529. The number of carbonyl (C=O) groups excluding carboxylic acids is 1. The average Bonchev–Trinajstić information content (AvgIpc) is 2.34. The lowest BCUT2D eigenvalue weighted by molar-refractivity contribution is -0.146. The summed E-state index contributed by atoms with van der Waals surface area (Å²) in [6.07, 6.45) is 2.55. The Labute approximate surface area is 125 Å². The molecule has 0 bridgehead atoms. The van der Waals surface area contributed by atoms with Crippen LogP contribution in [-0.2, 0) is 15.0 Å². The van der Waals surface area contributed by atoms with Gasteiger partial charge in [0, 0.05) is 0 Å². The standard InChI is InChI=1S/C17H23NO3/c1-16(2,3)13(14(19)20)18-15(21)17(10-7-11-17)12-8-5-4-6-9-12/h4-6,8-9,13H,7,10-11H2,1-3H3,(H,18,21)(H,19,20)/t13-/m1/s1. The third-order valence-corrected chi connectivity index (χ3v) is 4.36. The predicted molar refractivity (Wildman–Crippen MR) is 81.0 cm³/mol. The van der Waals surface area contributed by atoms with E-state index in [9.17, 15) is 14.7 Å². The maximum Gasteiger partial charge on any atom is 0.326 e. The van der Waals surface area contributed by atoms with Crippen LogP contribution in [0, 0.1) is 5.41 Å². The Morgan fingerprint density at radius 1 is 1.19 bits per heavy atom. The van der Waals surface area contributed by atoms with E-state index in [0.717, 1.165) is 24.8 Å². The van der Waals surface area contributed by atoms with Gasteiger partial charge in [-0.1, -0.05) is 57.5 Å². The summed E-state index contributed by atoms with van der Waals surface area (Å²) >= 11 is 0. The van der Waals surface area contributed by atoms with Gasteiger partial charge in [0.25, 0.3) is 0 Å². The summed E-state index contributed by atoms with van der Waals surface area (Å²) < 4.78 is 0. The van der Waals surface area contributed by atoms with Crippen molar-refractivity contribution in [3.63, 3.8) is 0 Å². The first-order valence-corrected chi connectivity index (χ1v) is 7.37. The Bertz CT molecular complexity index is 527. The molecule has 2 N–H and O–H groups in total. The first-order chi connectivity index (χ1) is 9.77. The molecule has 1 aromatic carbocycles. The molecule has 0 saturated heterocycles. The van der Waals surface area contributed by atoms with Gasteiger partial charge < -0.3 is 10.4 Å². The summed E-state index contributed by atoms with van der Waals surface area (Å²) in [4.78, 5) is 24.2. The molecule has 2 rings (SSSR count). The van der Waals surface area contributed by atoms with Gasteiger partial charge in [0.1, 0.15) is 6.04 Å². The van der Waals surface area contributed by atoms with E-state index in [1.54, 1.807) is 0 Å². The highest BCUT2D eigenvalue weighted by Gasteiger charge is 2.47. The van der Waals surface area contributed by atoms with Crippen LogP contribution in [-0.4, -0.2) is 23.0 Å². The van der Waals surface area contributed by atoms with Gasteiger partial charge in [-0.15, -0.1) is 0 Å². The molecule has 1 aliphatic rings. The number of hydrogen-bond donors (Lipinski definition) is 2. The van der Waals surface area contributed by atoms with Gasteiger partial charge >= 0.3 is 5.97 Å². The number of carboxylic acid groups (broad SMARTS) is 1. The number of aliphatic carboxylic acids is 1. The second-order valence-electron chi connectivity index (χ2n) is 6.91. The van der Waals surface area contributed by atoms with Crippen molar-refractivity contribution in [2.24, 2.45) is 5.41 Å². The van der Waals surface area contributed by atoms with Gasteiger partial charge in [-0.05, 0) is 23.8 Å². The minimum atomic E-state index is -0.988. The molecular weight excluding hydrogens is 266 g/mol. The van der Waals surface area contributed by atoms with Crippen LogP contribution in [0.5, 0.6) is 0 Å². The number of carboxylic acids is 1. The van der Waals surface area contributed by atoms with E-state index in [4.69, 9.17) is 0 Å². The van der Waals surface area contributed by atoms with Gasteiger partial charge in [0.05, 0.1) is 5.41 Å². The minimum absolute atomic E-state index is 0.165. The zero-order chi connectivity index (χ0) is 15.7. The van der Waals surface area contributed by atoms with Crippen molar-refractivity contribution in [1.82, 2.24) is 5.32 Å². The van der Waals surface area contributed by atoms with Crippen LogP contribution in [0.25, 0.3) is 0 Å². The van der Waals surface area contributed by atoms with Gasteiger partial charge in [-0.25, -0.2) is 4.79 Å². The summed E-state index contributed by atoms with van der Waals surface area (Å²) in [7, 11) is 0. The van der Waals surface area contributed by atoms with Crippen LogP contribution in [0.2, 0.25) is 0 Å². The lowest BCUT2D eigenvalue weighted by Gasteiger charge is -2.42. The monoisotopic (exact) mass is 289 g/mol. The molecule has 1 aliphatic carbocycles. The molecule has 0 heterocycles. The topological polar surface area (TPSA) is 66.4 Å². The minimum Gasteiger partial charge on any atom is -0.480 e. The fourth-order valence-corrected chi connectivity index (χ4v) is 2.85. The van der Waals surface area contributed by atoms with Gasteiger partial charge in [0.2, 0.25) is 5.91 Å². The zero-order valence-corrected chi connectivity index (χ0v) is 12.8. The Hall–Kier alpha value is -1.84. The summed E-state index contributed by atoms with van der Waals surface area (Å²) in [5, 5.41) is 12.1. The molecule has 4 nitrogen and oxygen atoms in total. The van der Waals surface area contributed by atoms with Crippen molar-refractivity contribution in [2.45, 2.75) is 51.5 Å². The Morgan fingerprint density at radius 3 is 2.14 bits per heavy atom. The molecule has 1 saturated carbocycles. The van der Waals surface area contributed by atoms with E-state index in [1.165, 1.54) is 0 Å². The van der Waals surface area contributed by atoms with E-state index in [-0.39, 0.29) is 5.91 Å². The van der Waals surface area contributed by atoms with Crippen LogP contribution in [0.3, 0.4) is 0 Å². The number of carbonyl (C=O) groups is 2. The predicted octanol–water partition coefficient (Wildman–Crippen LogP) is 2.72. The smallest absolute Gasteiger partial charge is 0.326 e. The first-order valence-electron chi connectivity index (χ1n) is 7.37. The van der Waals surface area contributed by atoms with E-state index >= 15 is 0 Å². The largest absolute Gasteiger partial charge is 0.480 e. The van der Waals surface area contributed by atoms with E-state index in [0.29, 0.717) is 0 Å². The van der Waals surface area contributed by atoms with Crippen molar-refractivity contribution in [2.75, 3.05) is 0 Å². The molecule has 0 spiro atoms. The number of rotatable bonds is 4. The molecule has 114 valence electrons. The van der Waals surface area contributed by atoms with Crippen LogP contribution in [0.4, 0.5) is 0 Å². The van der Waals surface area contributed by atoms with Gasteiger partial charge in [0.15, 0.2) is 0 Å². The maximum absolute atomic E-state index is 12.7. The Balaban J connectivity index is 2.24. The summed E-state index contributed by atoms with van der Waals surface area (Å²) in [6, 6.07) is 8.77. The molecule has 1 amide bonds. The van der Waals surface area contributed by atoms with Crippen molar-refractivity contribution >= 4 is 11.9 Å². The maximum atomic E-state index is 12.7. The van der Waals surface area contributed by atoms with Crippen molar-refractivity contribution in [3.05, 3.63) is 35.9 Å². The third-order valence-electron chi connectivity index (χ3n) is 4.36. The van der Waals surface area contributed by atoms with Crippen LogP contribution >= 0.6 is 0 Å². The number of amides is 1. The second kappa shape index (κ2) is 5.51. The first kappa shape index (κ1) is 15.5. The lowest BCUT2D eigenvalue weighted by atomic mass is 9.63. The molecule has 1 fully saturated rings. The molecule has 0 unspecified atom stereocenters. The van der Waals surface area contributed by atoms with Gasteiger partial charge in [-0.3, -0.25) is 4.79 Å². The number of nitrogens with one attached hydrogen (secondary N) is 1. The molecule has 1 atom stereocenters. The molecule has 21 heavy (non-hydrogen) atoms. The highest BCUT2D eigenvalue weighted by atomic mass is 16.4.